The summed E-state index contributed by atoms with van der Waals surface area (Å²) in [7, 11) is 0. The molecule has 0 radical (unpaired) electrons. The summed E-state index contributed by atoms with van der Waals surface area (Å²) in [5, 5.41) is 0. The topological polar surface area (TPSA) is 36.9 Å². The highest BCUT2D eigenvalue weighted by atomic mass is 16.5. The van der Waals surface area contributed by atoms with Crippen molar-refractivity contribution < 1.29 is 18.9 Å². The number of ether oxygens (including phenoxy) is 4. The minimum atomic E-state index is 0.185. The highest BCUT2D eigenvalue weighted by Gasteiger charge is 2.38. The highest BCUT2D eigenvalue weighted by molar-refractivity contribution is 5.66. The second-order valence-corrected chi connectivity index (χ2v) is 8.33. The molecule has 4 rings (SSSR count). The third-order valence-electron chi connectivity index (χ3n) is 6.22. The van der Waals surface area contributed by atoms with E-state index in [9.17, 15) is 0 Å². The van der Waals surface area contributed by atoms with Gasteiger partial charge in [-0.25, -0.2) is 0 Å². The molecule has 0 aromatic heterocycles. The van der Waals surface area contributed by atoms with E-state index >= 15 is 0 Å². The van der Waals surface area contributed by atoms with Gasteiger partial charge in [-0.1, -0.05) is 38.1 Å². The van der Waals surface area contributed by atoms with Crippen molar-refractivity contribution in [1.82, 2.24) is 0 Å². The second kappa shape index (κ2) is 8.14. The van der Waals surface area contributed by atoms with Gasteiger partial charge >= 0.3 is 0 Å². The predicted octanol–water partition coefficient (Wildman–Crippen LogP) is 4.96. The maximum atomic E-state index is 6.10. The zero-order valence-corrected chi connectivity index (χ0v) is 16.9. The summed E-state index contributed by atoms with van der Waals surface area (Å²) in [5.74, 6) is 1.81. The van der Waals surface area contributed by atoms with Gasteiger partial charge in [0.05, 0.1) is 50.5 Å². The van der Waals surface area contributed by atoms with Crippen LogP contribution in [0, 0.1) is 10.8 Å². The summed E-state index contributed by atoms with van der Waals surface area (Å²) in [4.78, 5) is 0. The third kappa shape index (κ3) is 4.03. The van der Waals surface area contributed by atoms with Crippen LogP contribution in [-0.2, 0) is 9.47 Å². The molecule has 0 unspecified atom stereocenters. The van der Waals surface area contributed by atoms with Crippen LogP contribution in [0.3, 0.4) is 0 Å². The maximum Gasteiger partial charge on any atom is 0.119 e. The maximum absolute atomic E-state index is 6.10. The van der Waals surface area contributed by atoms with Crippen LogP contribution < -0.4 is 9.47 Å². The Labute approximate surface area is 167 Å². The predicted molar refractivity (Wildman–Crippen MR) is 110 cm³/mol. The monoisotopic (exact) mass is 382 g/mol. The van der Waals surface area contributed by atoms with Gasteiger partial charge in [-0.3, -0.25) is 0 Å². The number of benzene rings is 2. The molecular formula is C24H30O4. The molecule has 0 N–H and O–H groups in total. The standard InChI is InChI=1S/C24H30O4/c1-3-23(13-25-14-23)17-27-21-9-5-7-19(11-21)20-8-6-10-22(12-20)28-18-24(4-2)15-26-16-24/h5-12H,3-4,13-18H2,1-2H3. The molecule has 28 heavy (non-hydrogen) atoms. The number of hydrogen-bond acceptors (Lipinski definition) is 4. The molecule has 2 aliphatic heterocycles. The molecule has 0 aliphatic carbocycles. The molecule has 4 heteroatoms. The molecular weight excluding hydrogens is 352 g/mol. The van der Waals surface area contributed by atoms with E-state index in [0.717, 1.165) is 61.9 Å². The minimum absolute atomic E-state index is 0.185. The summed E-state index contributed by atoms with van der Waals surface area (Å²) >= 11 is 0. The van der Waals surface area contributed by atoms with E-state index < -0.39 is 0 Å². The van der Waals surface area contributed by atoms with Crippen LogP contribution in [-0.4, -0.2) is 39.6 Å². The van der Waals surface area contributed by atoms with Gasteiger partial charge in [-0.2, -0.15) is 0 Å². The van der Waals surface area contributed by atoms with Crippen molar-refractivity contribution in [2.75, 3.05) is 39.6 Å². The van der Waals surface area contributed by atoms with E-state index in [0.29, 0.717) is 13.2 Å². The van der Waals surface area contributed by atoms with Crippen LogP contribution in [0.4, 0.5) is 0 Å². The van der Waals surface area contributed by atoms with Gasteiger partial charge in [0.25, 0.3) is 0 Å². The minimum Gasteiger partial charge on any atom is -0.493 e. The van der Waals surface area contributed by atoms with Gasteiger partial charge in [0.1, 0.15) is 11.5 Å². The fraction of sp³-hybridized carbons (Fsp3) is 0.500. The first-order valence-corrected chi connectivity index (χ1v) is 10.3. The Morgan fingerprint density at radius 3 is 1.46 bits per heavy atom. The van der Waals surface area contributed by atoms with Crippen LogP contribution in [0.25, 0.3) is 11.1 Å². The number of hydrogen-bond donors (Lipinski definition) is 0. The first kappa shape index (κ1) is 19.3. The molecule has 2 fully saturated rings. The van der Waals surface area contributed by atoms with E-state index in [1.165, 1.54) is 0 Å². The van der Waals surface area contributed by atoms with Gasteiger partial charge in [0.2, 0.25) is 0 Å². The van der Waals surface area contributed by atoms with Crippen molar-refractivity contribution in [3.8, 4) is 22.6 Å². The molecule has 0 spiro atoms. The van der Waals surface area contributed by atoms with Crippen LogP contribution in [0.15, 0.2) is 48.5 Å². The Bertz CT molecular complexity index is 714. The normalized spacial score (nSPS) is 19.4. The van der Waals surface area contributed by atoms with Crippen LogP contribution in [0.2, 0.25) is 0 Å². The van der Waals surface area contributed by atoms with Gasteiger partial charge < -0.3 is 18.9 Å². The molecule has 2 saturated heterocycles. The molecule has 0 amide bonds. The molecule has 4 nitrogen and oxygen atoms in total. The summed E-state index contributed by atoms with van der Waals surface area (Å²) in [6.45, 7) is 9.01. The van der Waals surface area contributed by atoms with Gasteiger partial charge in [-0.15, -0.1) is 0 Å². The Kier molecular flexibility index (Phi) is 5.61. The van der Waals surface area contributed by atoms with Crippen molar-refractivity contribution in [3.05, 3.63) is 48.5 Å². The highest BCUT2D eigenvalue weighted by Crippen LogP contribution is 2.34. The molecule has 2 aliphatic rings. The molecule has 150 valence electrons. The largest absolute Gasteiger partial charge is 0.493 e. The van der Waals surface area contributed by atoms with Gasteiger partial charge in [0.15, 0.2) is 0 Å². The van der Waals surface area contributed by atoms with E-state index in [2.05, 4.69) is 38.1 Å². The Morgan fingerprint density at radius 1 is 0.714 bits per heavy atom. The SMILES string of the molecule is CCC1(COc2cccc(-c3cccc(OCC4(CC)COC4)c3)c2)COC1. The fourth-order valence-corrected chi connectivity index (χ4v) is 3.56. The lowest BCUT2D eigenvalue weighted by Gasteiger charge is -2.40. The Hall–Kier alpha value is -2.04. The van der Waals surface area contributed by atoms with E-state index in [1.807, 2.05) is 24.3 Å². The average Bonchev–Trinajstić information content (AvgIpc) is 2.68. The Balaban J connectivity index is 1.42. The summed E-state index contributed by atoms with van der Waals surface area (Å²) in [5.41, 5.74) is 2.64. The zero-order valence-electron chi connectivity index (χ0n) is 16.9. The van der Waals surface area contributed by atoms with Crippen LogP contribution in [0.1, 0.15) is 26.7 Å². The van der Waals surface area contributed by atoms with E-state index in [4.69, 9.17) is 18.9 Å². The Morgan fingerprint density at radius 2 is 1.14 bits per heavy atom. The lowest BCUT2D eigenvalue weighted by molar-refractivity contribution is -0.133. The zero-order chi connectivity index (χ0) is 19.5. The van der Waals surface area contributed by atoms with Crippen molar-refractivity contribution in [2.24, 2.45) is 10.8 Å². The first-order chi connectivity index (χ1) is 13.7. The van der Waals surface area contributed by atoms with Crippen LogP contribution >= 0.6 is 0 Å². The lowest BCUT2D eigenvalue weighted by Crippen LogP contribution is -2.46. The summed E-state index contributed by atoms with van der Waals surface area (Å²) < 4.78 is 23.0. The summed E-state index contributed by atoms with van der Waals surface area (Å²) in [6, 6.07) is 16.6. The third-order valence-corrected chi connectivity index (χ3v) is 6.22. The molecule has 2 aromatic rings. The van der Waals surface area contributed by atoms with Gasteiger partial charge in [0, 0.05) is 0 Å². The van der Waals surface area contributed by atoms with Crippen molar-refractivity contribution in [1.29, 1.82) is 0 Å². The average molecular weight is 383 g/mol. The second-order valence-electron chi connectivity index (χ2n) is 8.33. The molecule has 0 atom stereocenters. The summed E-state index contributed by atoms with van der Waals surface area (Å²) in [6.07, 6.45) is 2.16. The van der Waals surface area contributed by atoms with E-state index in [1.54, 1.807) is 0 Å². The fourth-order valence-electron chi connectivity index (χ4n) is 3.56. The lowest BCUT2D eigenvalue weighted by atomic mass is 9.84. The van der Waals surface area contributed by atoms with Gasteiger partial charge in [-0.05, 0) is 48.2 Å². The van der Waals surface area contributed by atoms with Crippen LogP contribution in [0.5, 0.6) is 11.5 Å². The molecule has 2 aromatic carbocycles. The molecule has 0 bridgehead atoms. The quantitative estimate of drug-likeness (QED) is 0.614. The van der Waals surface area contributed by atoms with Crippen molar-refractivity contribution in [3.63, 3.8) is 0 Å². The smallest absolute Gasteiger partial charge is 0.119 e. The van der Waals surface area contributed by atoms with Crippen molar-refractivity contribution in [2.45, 2.75) is 26.7 Å². The molecule has 0 saturated carbocycles. The molecule has 2 heterocycles. The first-order valence-electron chi connectivity index (χ1n) is 10.3. The van der Waals surface area contributed by atoms with Crippen molar-refractivity contribution >= 4 is 0 Å². The number of rotatable bonds is 9. The van der Waals surface area contributed by atoms with E-state index in [-0.39, 0.29) is 10.8 Å².